The van der Waals surface area contributed by atoms with E-state index in [2.05, 4.69) is 0 Å². The van der Waals surface area contributed by atoms with Crippen molar-refractivity contribution in [3.8, 4) is 0 Å². The number of halogens is 1. The van der Waals surface area contributed by atoms with Gasteiger partial charge < -0.3 is 4.90 Å². The summed E-state index contributed by atoms with van der Waals surface area (Å²) in [6.45, 7) is 3.73. The van der Waals surface area contributed by atoms with Gasteiger partial charge in [-0.3, -0.25) is 4.79 Å². The lowest BCUT2D eigenvalue weighted by molar-refractivity contribution is -0.134. The second-order valence-corrected chi connectivity index (χ2v) is 9.10. The van der Waals surface area contributed by atoms with E-state index in [0.717, 1.165) is 31.4 Å². The first-order valence-corrected chi connectivity index (χ1v) is 10.4. The summed E-state index contributed by atoms with van der Waals surface area (Å²) in [6, 6.07) is 7.33. The SMILES string of the molecule is CC1CCCCN1C(=O)CN1CCN(Cc2ccc(Cl)cc2)S1(=O)=O. The van der Waals surface area contributed by atoms with Crippen LogP contribution in [-0.2, 0) is 21.5 Å². The van der Waals surface area contributed by atoms with Gasteiger partial charge >= 0.3 is 0 Å². The zero-order valence-electron chi connectivity index (χ0n) is 14.4. The topological polar surface area (TPSA) is 60.9 Å². The molecule has 6 nitrogen and oxygen atoms in total. The summed E-state index contributed by atoms with van der Waals surface area (Å²) in [7, 11) is -3.60. The van der Waals surface area contributed by atoms with Gasteiger partial charge in [-0.1, -0.05) is 23.7 Å². The van der Waals surface area contributed by atoms with Crippen molar-refractivity contribution in [3.05, 3.63) is 34.9 Å². The molecule has 25 heavy (non-hydrogen) atoms. The van der Waals surface area contributed by atoms with E-state index >= 15 is 0 Å². The number of carbonyl (C=O) groups is 1. The molecule has 0 bridgehead atoms. The van der Waals surface area contributed by atoms with E-state index in [1.807, 2.05) is 24.0 Å². The third kappa shape index (κ3) is 4.16. The molecule has 2 fully saturated rings. The standard InChI is InChI=1S/C17H24ClN3O3S/c1-14-4-2-3-9-21(14)17(22)13-20-11-10-19(25(20,23)24)12-15-5-7-16(18)8-6-15/h5-8,14H,2-4,9-13H2,1H3. The van der Waals surface area contributed by atoms with E-state index in [1.54, 1.807) is 12.1 Å². The maximum atomic E-state index is 12.7. The Morgan fingerprint density at radius 2 is 1.80 bits per heavy atom. The molecule has 2 aliphatic rings. The summed E-state index contributed by atoms with van der Waals surface area (Å²) < 4.78 is 28.2. The summed E-state index contributed by atoms with van der Waals surface area (Å²) >= 11 is 5.87. The minimum Gasteiger partial charge on any atom is -0.339 e. The predicted octanol–water partition coefficient (Wildman–Crippen LogP) is 2.10. The largest absolute Gasteiger partial charge is 0.339 e. The van der Waals surface area contributed by atoms with Crippen molar-refractivity contribution in [2.45, 2.75) is 38.8 Å². The number of nitrogens with zero attached hydrogens (tertiary/aromatic N) is 3. The first-order valence-electron chi connectivity index (χ1n) is 8.67. The highest BCUT2D eigenvalue weighted by atomic mass is 35.5. The van der Waals surface area contributed by atoms with Gasteiger partial charge in [0.15, 0.2) is 0 Å². The first kappa shape index (κ1) is 18.6. The van der Waals surface area contributed by atoms with E-state index < -0.39 is 10.2 Å². The molecule has 0 spiro atoms. The molecule has 2 saturated heterocycles. The molecular weight excluding hydrogens is 362 g/mol. The van der Waals surface area contributed by atoms with Crippen LogP contribution < -0.4 is 0 Å². The molecule has 0 aromatic heterocycles. The van der Waals surface area contributed by atoms with Gasteiger partial charge in [0, 0.05) is 37.2 Å². The van der Waals surface area contributed by atoms with Crippen LogP contribution in [0.25, 0.3) is 0 Å². The third-order valence-corrected chi connectivity index (χ3v) is 7.14. The lowest BCUT2D eigenvalue weighted by Gasteiger charge is -2.34. The molecule has 2 heterocycles. The molecule has 1 aromatic carbocycles. The quantitative estimate of drug-likeness (QED) is 0.797. The van der Waals surface area contributed by atoms with Crippen molar-refractivity contribution in [3.63, 3.8) is 0 Å². The molecule has 0 saturated carbocycles. The van der Waals surface area contributed by atoms with Crippen LogP contribution in [0.2, 0.25) is 5.02 Å². The van der Waals surface area contributed by atoms with Crippen LogP contribution >= 0.6 is 11.6 Å². The maximum Gasteiger partial charge on any atom is 0.282 e. The lowest BCUT2D eigenvalue weighted by Crippen LogP contribution is -2.47. The average molecular weight is 386 g/mol. The Morgan fingerprint density at radius 1 is 1.12 bits per heavy atom. The lowest BCUT2D eigenvalue weighted by atomic mass is 10.0. The van der Waals surface area contributed by atoms with Crippen molar-refractivity contribution < 1.29 is 13.2 Å². The van der Waals surface area contributed by atoms with E-state index in [4.69, 9.17) is 11.6 Å². The number of benzene rings is 1. The van der Waals surface area contributed by atoms with Crippen molar-refractivity contribution in [1.29, 1.82) is 0 Å². The Labute approximate surface area is 154 Å². The molecule has 1 unspecified atom stereocenters. The molecule has 0 radical (unpaired) electrons. The van der Waals surface area contributed by atoms with Gasteiger partial charge in [-0.15, -0.1) is 0 Å². The van der Waals surface area contributed by atoms with Crippen molar-refractivity contribution >= 4 is 27.7 Å². The normalized spacial score (nSPS) is 24.6. The highest BCUT2D eigenvalue weighted by Crippen LogP contribution is 2.22. The second kappa shape index (κ2) is 7.61. The number of hydrogen-bond acceptors (Lipinski definition) is 3. The fourth-order valence-electron chi connectivity index (χ4n) is 3.44. The zero-order valence-corrected chi connectivity index (χ0v) is 16.0. The molecule has 8 heteroatoms. The van der Waals surface area contributed by atoms with E-state index in [9.17, 15) is 13.2 Å². The first-order chi connectivity index (χ1) is 11.9. The molecule has 3 rings (SSSR count). The van der Waals surface area contributed by atoms with Crippen LogP contribution in [-0.4, -0.2) is 60.1 Å². The molecule has 2 aliphatic heterocycles. The summed E-state index contributed by atoms with van der Waals surface area (Å²) in [5.74, 6) is -0.0934. The van der Waals surface area contributed by atoms with Gasteiger partial charge in [-0.2, -0.15) is 17.0 Å². The Balaban J connectivity index is 1.64. The number of hydrogen-bond donors (Lipinski definition) is 0. The number of carbonyl (C=O) groups excluding carboxylic acids is 1. The molecule has 1 atom stereocenters. The Bertz CT molecular complexity index is 723. The van der Waals surface area contributed by atoms with Crippen LogP contribution in [0.1, 0.15) is 31.7 Å². The number of rotatable bonds is 4. The molecule has 0 aliphatic carbocycles. The van der Waals surface area contributed by atoms with Crippen LogP contribution in [0.3, 0.4) is 0 Å². The highest BCUT2D eigenvalue weighted by Gasteiger charge is 2.38. The van der Waals surface area contributed by atoms with Gasteiger partial charge in [0.05, 0.1) is 6.54 Å². The van der Waals surface area contributed by atoms with Gasteiger partial charge in [0.2, 0.25) is 5.91 Å². The number of likely N-dealkylation sites (tertiary alicyclic amines) is 1. The number of piperidine rings is 1. The highest BCUT2D eigenvalue weighted by molar-refractivity contribution is 7.87. The van der Waals surface area contributed by atoms with Crippen molar-refractivity contribution in [2.75, 3.05) is 26.2 Å². The van der Waals surface area contributed by atoms with Gasteiger partial charge in [0.1, 0.15) is 0 Å². The predicted molar refractivity (Wildman–Crippen MR) is 97.4 cm³/mol. The molecule has 138 valence electrons. The van der Waals surface area contributed by atoms with Crippen LogP contribution in [0.4, 0.5) is 0 Å². The van der Waals surface area contributed by atoms with Crippen LogP contribution in [0.5, 0.6) is 0 Å². The molecule has 1 amide bonds. The second-order valence-electron chi connectivity index (χ2n) is 6.73. The van der Waals surface area contributed by atoms with E-state index in [-0.39, 0.29) is 18.5 Å². The minimum atomic E-state index is -3.60. The monoisotopic (exact) mass is 385 g/mol. The van der Waals surface area contributed by atoms with Crippen molar-refractivity contribution in [1.82, 2.24) is 13.5 Å². The Hall–Kier alpha value is -1.15. The smallest absolute Gasteiger partial charge is 0.282 e. The average Bonchev–Trinajstić information content (AvgIpc) is 2.85. The zero-order chi connectivity index (χ0) is 18.0. The third-order valence-electron chi connectivity index (χ3n) is 4.96. The molecule has 1 aromatic rings. The molecular formula is C17H24ClN3O3S. The van der Waals surface area contributed by atoms with Gasteiger partial charge in [-0.05, 0) is 43.9 Å². The van der Waals surface area contributed by atoms with E-state index in [0.29, 0.717) is 24.7 Å². The Kier molecular flexibility index (Phi) is 5.68. The maximum absolute atomic E-state index is 12.7. The van der Waals surface area contributed by atoms with Gasteiger partial charge in [-0.25, -0.2) is 0 Å². The molecule has 0 N–H and O–H groups in total. The van der Waals surface area contributed by atoms with Crippen LogP contribution in [0, 0.1) is 0 Å². The summed E-state index contributed by atoms with van der Waals surface area (Å²) in [5, 5.41) is 0.621. The van der Waals surface area contributed by atoms with Gasteiger partial charge in [0.25, 0.3) is 10.2 Å². The minimum absolute atomic E-state index is 0.0657. The van der Waals surface area contributed by atoms with Crippen molar-refractivity contribution in [2.24, 2.45) is 0 Å². The summed E-state index contributed by atoms with van der Waals surface area (Å²) in [4.78, 5) is 14.4. The van der Waals surface area contributed by atoms with E-state index in [1.165, 1.54) is 8.61 Å². The fraction of sp³-hybridized carbons (Fsp3) is 0.588. The summed E-state index contributed by atoms with van der Waals surface area (Å²) in [5.41, 5.74) is 0.880. The summed E-state index contributed by atoms with van der Waals surface area (Å²) in [6.07, 6.45) is 3.11. The fourth-order valence-corrected chi connectivity index (χ4v) is 5.11. The Morgan fingerprint density at radius 3 is 2.48 bits per heavy atom. The van der Waals surface area contributed by atoms with Crippen LogP contribution in [0.15, 0.2) is 24.3 Å². The number of amides is 1.